The minimum Gasteiger partial charge on any atom is -0.490 e. The predicted octanol–water partition coefficient (Wildman–Crippen LogP) is 3.72. The van der Waals surface area contributed by atoms with E-state index in [1.807, 2.05) is 0 Å². The molecule has 0 heterocycles. The average molecular weight is 259 g/mol. The molecule has 0 saturated heterocycles. The Hall–Kier alpha value is -1.02. The Morgan fingerprint density at radius 1 is 1.05 bits per heavy atom. The third-order valence-electron chi connectivity index (χ3n) is 4.51. The summed E-state index contributed by atoms with van der Waals surface area (Å²) in [6.07, 6.45) is 8.44. The van der Waals surface area contributed by atoms with Crippen LogP contribution in [0.4, 0.5) is 0 Å². The Kier molecular flexibility index (Phi) is 4.07. The van der Waals surface area contributed by atoms with Crippen molar-refractivity contribution in [2.24, 2.45) is 5.92 Å². The van der Waals surface area contributed by atoms with Gasteiger partial charge in [0.1, 0.15) is 5.75 Å². The second-order valence-electron chi connectivity index (χ2n) is 6.09. The lowest BCUT2D eigenvalue weighted by molar-refractivity contribution is 0.297. The molecule has 2 aliphatic rings. The van der Waals surface area contributed by atoms with Gasteiger partial charge in [-0.1, -0.05) is 25.0 Å². The second-order valence-corrected chi connectivity index (χ2v) is 6.09. The van der Waals surface area contributed by atoms with Gasteiger partial charge >= 0.3 is 0 Å². The molecule has 1 aromatic rings. The molecule has 19 heavy (non-hydrogen) atoms. The van der Waals surface area contributed by atoms with E-state index in [4.69, 9.17) is 4.74 Å². The maximum Gasteiger partial charge on any atom is 0.119 e. The maximum atomic E-state index is 5.83. The van der Waals surface area contributed by atoms with Gasteiger partial charge in [-0.15, -0.1) is 0 Å². The minimum atomic E-state index is 0.498. The van der Waals surface area contributed by atoms with Gasteiger partial charge in [0.2, 0.25) is 0 Å². The van der Waals surface area contributed by atoms with Gasteiger partial charge in [0.25, 0.3) is 0 Å². The molecule has 2 atom stereocenters. The van der Waals surface area contributed by atoms with Crippen molar-refractivity contribution in [3.8, 4) is 5.75 Å². The lowest BCUT2D eigenvalue weighted by atomic mass is 9.75. The first-order valence-electron chi connectivity index (χ1n) is 7.78. The summed E-state index contributed by atoms with van der Waals surface area (Å²) in [6.45, 7) is 1.14. The summed E-state index contributed by atoms with van der Waals surface area (Å²) in [7, 11) is 2.07. The minimum absolute atomic E-state index is 0.498. The highest BCUT2D eigenvalue weighted by molar-refractivity contribution is 5.30. The normalized spacial score (nSPS) is 27.2. The summed E-state index contributed by atoms with van der Waals surface area (Å²) in [5, 5.41) is 3.36. The van der Waals surface area contributed by atoms with Crippen LogP contribution in [0.3, 0.4) is 0 Å². The molecule has 3 rings (SSSR count). The highest BCUT2D eigenvalue weighted by Crippen LogP contribution is 2.38. The fraction of sp³-hybridized carbons (Fsp3) is 0.647. The fourth-order valence-corrected chi connectivity index (χ4v) is 3.32. The van der Waals surface area contributed by atoms with Crippen molar-refractivity contribution in [2.45, 2.75) is 50.5 Å². The maximum absolute atomic E-state index is 5.83. The summed E-state index contributed by atoms with van der Waals surface area (Å²) in [4.78, 5) is 0. The van der Waals surface area contributed by atoms with E-state index in [-0.39, 0.29) is 0 Å². The quantitative estimate of drug-likeness (QED) is 0.870. The molecule has 2 aliphatic carbocycles. The van der Waals surface area contributed by atoms with Crippen molar-refractivity contribution in [3.63, 3.8) is 0 Å². The molecule has 0 aliphatic heterocycles. The number of nitrogens with one attached hydrogen (secondary N) is 1. The molecule has 1 N–H and O–H groups in total. The highest BCUT2D eigenvalue weighted by atomic mass is 16.5. The third kappa shape index (κ3) is 3.30. The van der Waals surface area contributed by atoms with Crippen LogP contribution in [0.15, 0.2) is 24.3 Å². The van der Waals surface area contributed by atoms with Crippen molar-refractivity contribution in [1.29, 1.82) is 0 Å². The van der Waals surface area contributed by atoms with Crippen molar-refractivity contribution < 1.29 is 4.74 Å². The molecule has 104 valence electrons. The summed E-state index contributed by atoms with van der Waals surface area (Å²) in [5.41, 5.74) is 1.50. The van der Waals surface area contributed by atoms with Crippen LogP contribution in [0.5, 0.6) is 5.75 Å². The number of ether oxygens (including phenoxy) is 1. The van der Waals surface area contributed by atoms with E-state index in [1.54, 1.807) is 0 Å². The molecule has 0 spiro atoms. The molecule has 2 nitrogen and oxygen atoms in total. The van der Waals surface area contributed by atoms with Gasteiger partial charge in [-0.25, -0.2) is 0 Å². The van der Waals surface area contributed by atoms with E-state index in [0.29, 0.717) is 6.10 Å². The molecule has 2 saturated carbocycles. The monoisotopic (exact) mass is 259 g/mol. The number of hydrogen-bond acceptors (Lipinski definition) is 2. The smallest absolute Gasteiger partial charge is 0.119 e. The second kappa shape index (κ2) is 5.96. The van der Waals surface area contributed by atoms with Crippen molar-refractivity contribution in [3.05, 3.63) is 29.8 Å². The van der Waals surface area contributed by atoms with Crippen LogP contribution >= 0.6 is 0 Å². The first-order valence-corrected chi connectivity index (χ1v) is 7.78. The van der Waals surface area contributed by atoms with Crippen LogP contribution in [-0.2, 0) is 0 Å². The number of benzene rings is 1. The van der Waals surface area contributed by atoms with E-state index in [9.17, 15) is 0 Å². The van der Waals surface area contributed by atoms with E-state index in [2.05, 4.69) is 36.6 Å². The van der Waals surface area contributed by atoms with E-state index < -0.39 is 0 Å². The van der Waals surface area contributed by atoms with Crippen molar-refractivity contribution >= 4 is 0 Å². The van der Waals surface area contributed by atoms with Crippen LogP contribution < -0.4 is 10.1 Å². The van der Waals surface area contributed by atoms with Crippen LogP contribution in [0.25, 0.3) is 0 Å². The largest absolute Gasteiger partial charge is 0.490 e. The Bertz CT molecular complexity index is 394. The first kappa shape index (κ1) is 13.0. The molecule has 0 amide bonds. The molecule has 1 aromatic carbocycles. The lowest BCUT2D eigenvalue weighted by Gasteiger charge is -2.32. The Morgan fingerprint density at radius 2 is 1.79 bits per heavy atom. The molecule has 2 fully saturated rings. The zero-order chi connectivity index (χ0) is 13.1. The molecular formula is C17H25NO. The van der Waals surface area contributed by atoms with Crippen molar-refractivity contribution in [1.82, 2.24) is 5.32 Å². The zero-order valence-corrected chi connectivity index (χ0v) is 11.9. The predicted molar refractivity (Wildman–Crippen MR) is 78.7 cm³/mol. The molecule has 2 unspecified atom stereocenters. The highest BCUT2D eigenvalue weighted by Gasteiger charge is 2.26. The van der Waals surface area contributed by atoms with Gasteiger partial charge in [-0.3, -0.25) is 0 Å². The topological polar surface area (TPSA) is 21.3 Å². The van der Waals surface area contributed by atoms with Gasteiger partial charge in [0.15, 0.2) is 0 Å². The number of rotatable bonds is 5. The average Bonchev–Trinajstić information content (AvgIpc) is 3.25. The SMILES string of the molecule is CNCC1CCCCC1c1ccc(OC2CC2)cc1. The molecule has 0 bridgehead atoms. The summed E-state index contributed by atoms with van der Waals surface area (Å²) < 4.78 is 5.83. The zero-order valence-electron chi connectivity index (χ0n) is 11.9. The first-order chi connectivity index (χ1) is 9.36. The van der Waals surface area contributed by atoms with E-state index in [0.717, 1.165) is 24.1 Å². The molecular weight excluding hydrogens is 234 g/mol. The van der Waals surface area contributed by atoms with Crippen LogP contribution in [-0.4, -0.2) is 19.7 Å². The summed E-state index contributed by atoms with van der Waals surface area (Å²) in [5.74, 6) is 2.58. The van der Waals surface area contributed by atoms with Gasteiger partial charge in [0, 0.05) is 0 Å². The third-order valence-corrected chi connectivity index (χ3v) is 4.51. The van der Waals surface area contributed by atoms with E-state index in [1.165, 1.54) is 44.1 Å². The van der Waals surface area contributed by atoms with Crippen LogP contribution in [0.1, 0.15) is 50.0 Å². The van der Waals surface area contributed by atoms with Gasteiger partial charge in [-0.05, 0) is 68.8 Å². The fourth-order valence-electron chi connectivity index (χ4n) is 3.32. The van der Waals surface area contributed by atoms with Crippen LogP contribution in [0, 0.1) is 5.92 Å². The van der Waals surface area contributed by atoms with Crippen molar-refractivity contribution in [2.75, 3.05) is 13.6 Å². The summed E-state index contributed by atoms with van der Waals surface area (Å²) in [6, 6.07) is 8.91. The van der Waals surface area contributed by atoms with Gasteiger partial charge < -0.3 is 10.1 Å². The molecule has 2 heteroatoms. The van der Waals surface area contributed by atoms with Gasteiger partial charge in [0.05, 0.1) is 6.10 Å². The summed E-state index contributed by atoms with van der Waals surface area (Å²) >= 11 is 0. The number of hydrogen-bond donors (Lipinski definition) is 1. The van der Waals surface area contributed by atoms with E-state index >= 15 is 0 Å². The van der Waals surface area contributed by atoms with Crippen LogP contribution in [0.2, 0.25) is 0 Å². The lowest BCUT2D eigenvalue weighted by Crippen LogP contribution is -2.27. The Labute approximate surface area is 116 Å². The molecule has 0 radical (unpaired) electrons. The van der Waals surface area contributed by atoms with Gasteiger partial charge in [-0.2, -0.15) is 0 Å². The Balaban J connectivity index is 1.68. The molecule has 0 aromatic heterocycles. The standard InChI is InChI=1S/C17H25NO/c1-18-12-14-4-2-3-5-17(14)13-6-8-15(9-7-13)19-16-10-11-16/h6-9,14,16-18H,2-5,10-12H2,1H3. The Morgan fingerprint density at radius 3 is 2.47 bits per heavy atom.